The van der Waals surface area contributed by atoms with Crippen LogP contribution in [0.2, 0.25) is 0 Å². The summed E-state index contributed by atoms with van der Waals surface area (Å²) in [5.74, 6) is 0.0758. The second kappa shape index (κ2) is 11.1. The fourth-order valence-corrected chi connectivity index (χ4v) is 2.87. The molecule has 136 valence electrons. The zero-order valence-corrected chi connectivity index (χ0v) is 15.7. The molecular weight excluding hydrogens is 357 g/mol. The lowest BCUT2D eigenvalue weighted by atomic mass is 10.0. The van der Waals surface area contributed by atoms with Crippen LogP contribution in [0.5, 0.6) is 0 Å². The number of rotatable bonds is 5. The zero-order valence-electron chi connectivity index (χ0n) is 14.1. The monoisotopic (exact) mass is 381 g/mol. The zero-order chi connectivity index (χ0) is 15.9. The molecule has 2 aromatic rings. The third-order valence-electron chi connectivity index (χ3n) is 4.15. The molecule has 4 nitrogen and oxygen atoms in total. The molecule has 1 saturated heterocycles. The largest absolute Gasteiger partial charge is 0.325 e. The molecule has 1 aliphatic heterocycles. The third kappa shape index (κ3) is 6.33. The molecule has 0 spiro atoms. The molecule has 0 aromatic heterocycles. The summed E-state index contributed by atoms with van der Waals surface area (Å²) in [4.78, 5) is 14.6. The molecule has 1 aliphatic rings. The van der Waals surface area contributed by atoms with Gasteiger partial charge in [-0.2, -0.15) is 0 Å². The van der Waals surface area contributed by atoms with Crippen LogP contribution < -0.4 is 10.6 Å². The smallest absolute Gasteiger partial charge is 0.225 e. The van der Waals surface area contributed by atoms with E-state index in [2.05, 4.69) is 27.7 Å². The molecule has 0 bridgehead atoms. The number of amides is 1. The van der Waals surface area contributed by atoms with Gasteiger partial charge in [0, 0.05) is 50.4 Å². The molecule has 0 saturated carbocycles. The fraction of sp³-hybridized carbons (Fsp3) is 0.316. The van der Waals surface area contributed by atoms with E-state index in [1.165, 1.54) is 0 Å². The van der Waals surface area contributed by atoms with E-state index in [1.807, 2.05) is 42.5 Å². The molecule has 0 atom stereocenters. The van der Waals surface area contributed by atoms with Crippen molar-refractivity contribution in [2.75, 3.05) is 38.0 Å². The highest BCUT2D eigenvalue weighted by Gasteiger charge is 2.12. The fourth-order valence-electron chi connectivity index (χ4n) is 2.87. The quantitative estimate of drug-likeness (QED) is 0.833. The van der Waals surface area contributed by atoms with Crippen LogP contribution in [-0.2, 0) is 4.79 Å². The summed E-state index contributed by atoms with van der Waals surface area (Å²) >= 11 is 0. The van der Waals surface area contributed by atoms with Crippen molar-refractivity contribution in [2.45, 2.75) is 6.42 Å². The van der Waals surface area contributed by atoms with Gasteiger partial charge in [0.2, 0.25) is 5.91 Å². The van der Waals surface area contributed by atoms with Gasteiger partial charge in [0.05, 0.1) is 0 Å². The maximum Gasteiger partial charge on any atom is 0.225 e. The predicted molar refractivity (Wildman–Crippen MR) is 109 cm³/mol. The van der Waals surface area contributed by atoms with Crippen molar-refractivity contribution in [3.63, 3.8) is 0 Å². The first-order valence-corrected chi connectivity index (χ1v) is 8.20. The number of nitrogens with zero attached hydrogens (tertiary/aromatic N) is 1. The highest BCUT2D eigenvalue weighted by Crippen LogP contribution is 2.27. The van der Waals surface area contributed by atoms with Gasteiger partial charge in [-0.25, -0.2) is 0 Å². The number of piperazine rings is 1. The highest BCUT2D eigenvalue weighted by atomic mass is 35.5. The Morgan fingerprint density at radius 1 is 0.960 bits per heavy atom. The lowest BCUT2D eigenvalue weighted by Gasteiger charge is -2.26. The minimum absolute atomic E-state index is 0. The van der Waals surface area contributed by atoms with Crippen LogP contribution in [0.1, 0.15) is 6.42 Å². The van der Waals surface area contributed by atoms with Gasteiger partial charge < -0.3 is 15.5 Å². The molecule has 2 N–H and O–H groups in total. The summed E-state index contributed by atoms with van der Waals surface area (Å²) in [7, 11) is 0. The first-order valence-electron chi connectivity index (χ1n) is 8.20. The Morgan fingerprint density at radius 2 is 1.60 bits per heavy atom. The van der Waals surface area contributed by atoms with Crippen LogP contribution in [0.15, 0.2) is 54.6 Å². The number of carbonyl (C=O) groups is 1. The molecule has 3 rings (SSSR count). The maximum absolute atomic E-state index is 12.3. The average molecular weight is 382 g/mol. The number of halogens is 2. The lowest BCUT2D eigenvalue weighted by molar-refractivity contribution is -0.116. The van der Waals surface area contributed by atoms with Crippen LogP contribution in [0.4, 0.5) is 5.69 Å². The second-order valence-corrected chi connectivity index (χ2v) is 5.80. The number of hydrogen-bond donors (Lipinski definition) is 2. The van der Waals surface area contributed by atoms with Crippen LogP contribution >= 0.6 is 24.8 Å². The van der Waals surface area contributed by atoms with Gasteiger partial charge in [-0.15, -0.1) is 24.8 Å². The van der Waals surface area contributed by atoms with Crippen molar-refractivity contribution in [1.82, 2.24) is 10.2 Å². The Labute approximate surface area is 161 Å². The number of benzene rings is 2. The number of hydrogen-bond acceptors (Lipinski definition) is 3. The van der Waals surface area contributed by atoms with E-state index in [0.717, 1.165) is 49.5 Å². The van der Waals surface area contributed by atoms with E-state index in [1.54, 1.807) is 0 Å². The van der Waals surface area contributed by atoms with Crippen LogP contribution in [0, 0.1) is 0 Å². The maximum atomic E-state index is 12.3. The molecule has 0 radical (unpaired) electrons. The Morgan fingerprint density at radius 3 is 2.32 bits per heavy atom. The Kier molecular flexibility index (Phi) is 9.53. The molecular formula is C19H25Cl2N3O. The number of carbonyl (C=O) groups excluding carboxylic acids is 1. The van der Waals surface area contributed by atoms with Crippen molar-refractivity contribution in [3.05, 3.63) is 54.6 Å². The van der Waals surface area contributed by atoms with Gasteiger partial charge in [-0.1, -0.05) is 48.5 Å². The molecule has 25 heavy (non-hydrogen) atoms. The van der Waals surface area contributed by atoms with Gasteiger partial charge in [0.15, 0.2) is 0 Å². The van der Waals surface area contributed by atoms with E-state index >= 15 is 0 Å². The van der Waals surface area contributed by atoms with Gasteiger partial charge in [0.25, 0.3) is 0 Å². The Balaban J connectivity index is 0.00000156. The van der Waals surface area contributed by atoms with Crippen molar-refractivity contribution < 1.29 is 4.79 Å². The van der Waals surface area contributed by atoms with Crippen LogP contribution in [-0.4, -0.2) is 43.5 Å². The second-order valence-electron chi connectivity index (χ2n) is 5.80. The molecule has 0 aliphatic carbocycles. The van der Waals surface area contributed by atoms with E-state index in [4.69, 9.17) is 0 Å². The van der Waals surface area contributed by atoms with E-state index in [0.29, 0.717) is 6.42 Å². The number of anilines is 1. The first-order chi connectivity index (χ1) is 11.3. The number of para-hydroxylation sites is 1. The van der Waals surface area contributed by atoms with Crippen LogP contribution in [0.3, 0.4) is 0 Å². The molecule has 2 aromatic carbocycles. The van der Waals surface area contributed by atoms with E-state index in [-0.39, 0.29) is 30.7 Å². The standard InChI is InChI=1S/C19H23N3O.2ClH/c23-19(10-13-22-14-11-20-12-15-22)21-18-9-5-4-8-17(18)16-6-2-1-3-7-16;;/h1-9,20H,10-15H2,(H,21,23);2*1H. The topological polar surface area (TPSA) is 44.4 Å². The van der Waals surface area contributed by atoms with Gasteiger partial charge >= 0.3 is 0 Å². The van der Waals surface area contributed by atoms with Gasteiger partial charge in [-0.3, -0.25) is 4.79 Å². The first kappa shape index (κ1) is 21.5. The van der Waals surface area contributed by atoms with Crippen molar-refractivity contribution >= 4 is 36.4 Å². The molecule has 0 unspecified atom stereocenters. The number of nitrogens with one attached hydrogen (secondary N) is 2. The minimum atomic E-state index is 0. The Hall–Kier alpha value is -1.59. The molecule has 1 amide bonds. The molecule has 1 fully saturated rings. The Bertz CT molecular complexity index is 646. The third-order valence-corrected chi connectivity index (χ3v) is 4.15. The van der Waals surface area contributed by atoms with Crippen molar-refractivity contribution in [1.29, 1.82) is 0 Å². The summed E-state index contributed by atoms with van der Waals surface area (Å²) in [6.45, 7) is 4.89. The van der Waals surface area contributed by atoms with Gasteiger partial charge in [0.1, 0.15) is 0 Å². The average Bonchev–Trinajstić information content (AvgIpc) is 2.62. The van der Waals surface area contributed by atoms with Crippen molar-refractivity contribution in [3.8, 4) is 11.1 Å². The summed E-state index contributed by atoms with van der Waals surface area (Å²) in [6.07, 6.45) is 0.531. The lowest BCUT2D eigenvalue weighted by Crippen LogP contribution is -2.44. The summed E-state index contributed by atoms with van der Waals surface area (Å²) < 4.78 is 0. The predicted octanol–water partition coefficient (Wildman–Crippen LogP) is 3.43. The minimum Gasteiger partial charge on any atom is -0.325 e. The van der Waals surface area contributed by atoms with Crippen molar-refractivity contribution in [2.24, 2.45) is 0 Å². The van der Waals surface area contributed by atoms with E-state index in [9.17, 15) is 4.79 Å². The summed E-state index contributed by atoms with van der Waals surface area (Å²) in [5.41, 5.74) is 3.05. The summed E-state index contributed by atoms with van der Waals surface area (Å²) in [5, 5.41) is 6.39. The molecule has 1 heterocycles. The van der Waals surface area contributed by atoms with E-state index < -0.39 is 0 Å². The molecule has 6 heteroatoms. The highest BCUT2D eigenvalue weighted by molar-refractivity contribution is 5.95. The van der Waals surface area contributed by atoms with Crippen LogP contribution in [0.25, 0.3) is 11.1 Å². The van der Waals surface area contributed by atoms with Gasteiger partial charge in [-0.05, 0) is 11.6 Å². The SMILES string of the molecule is Cl.Cl.O=C(CCN1CCNCC1)Nc1ccccc1-c1ccccc1. The summed E-state index contributed by atoms with van der Waals surface area (Å²) in [6, 6.07) is 18.1. The normalized spacial score (nSPS) is 14.1.